The Morgan fingerprint density at radius 1 is 1.44 bits per heavy atom. The van der Waals surface area contributed by atoms with Crippen molar-refractivity contribution in [2.24, 2.45) is 5.92 Å². The van der Waals surface area contributed by atoms with Gasteiger partial charge in [-0.05, 0) is 43.7 Å². The molecule has 1 aliphatic carbocycles. The second-order valence-electron chi connectivity index (χ2n) is 4.87. The zero-order valence-electron chi connectivity index (χ0n) is 10.8. The number of aromatic nitrogens is 1. The number of ether oxygens (including phenoxy) is 1. The van der Waals surface area contributed by atoms with E-state index >= 15 is 0 Å². The Morgan fingerprint density at radius 3 is 2.89 bits per heavy atom. The van der Waals surface area contributed by atoms with E-state index in [-0.39, 0.29) is 12.1 Å². The lowest BCUT2D eigenvalue weighted by Crippen LogP contribution is -2.30. The molecule has 2 unspecified atom stereocenters. The third kappa shape index (κ3) is 3.00. The number of nitrogens with two attached hydrogens (primary N) is 1. The van der Waals surface area contributed by atoms with Crippen LogP contribution in [0.3, 0.4) is 0 Å². The van der Waals surface area contributed by atoms with Crippen molar-refractivity contribution in [2.75, 3.05) is 5.73 Å². The summed E-state index contributed by atoms with van der Waals surface area (Å²) in [4.78, 5) is 16.0. The van der Waals surface area contributed by atoms with Crippen LogP contribution in [0, 0.1) is 5.92 Å². The van der Waals surface area contributed by atoms with Crippen molar-refractivity contribution in [3.63, 3.8) is 0 Å². The van der Waals surface area contributed by atoms with Crippen molar-refractivity contribution in [3.05, 3.63) is 24.0 Å². The molecule has 18 heavy (non-hydrogen) atoms. The molecule has 1 aliphatic rings. The maximum Gasteiger partial charge on any atom is 0.357 e. The van der Waals surface area contributed by atoms with Crippen molar-refractivity contribution in [1.29, 1.82) is 0 Å². The molecule has 4 heteroatoms. The van der Waals surface area contributed by atoms with E-state index in [1.807, 2.05) is 0 Å². The first-order valence-electron chi connectivity index (χ1n) is 6.63. The maximum absolute atomic E-state index is 12.0. The number of esters is 1. The van der Waals surface area contributed by atoms with Gasteiger partial charge in [0.25, 0.3) is 0 Å². The number of hydrogen-bond acceptors (Lipinski definition) is 4. The molecule has 4 nitrogen and oxygen atoms in total. The van der Waals surface area contributed by atoms with Gasteiger partial charge in [-0.25, -0.2) is 9.78 Å². The molecular weight excluding hydrogens is 228 g/mol. The van der Waals surface area contributed by atoms with Crippen LogP contribution in [0.1, 0.15) is 49.5 Å². The molecule has 2 N–H and O–H groups in total. The predicted molar refractivity (Wildman–Crippen MR) is 70.1 cm³/mol. The summed E-state index contributed by atoms with van der Waals surface area (Å²) in [7, 11) is 0. The number of nitrogens with zero attached hydrogens (tertiary/aromatic N) is 1. The van der Waals surface area contributed by atoms with Gasteiger partial charge in [0.15, 0.2) is 0 Å². The summed E-state index contributed by atoms with van der Waals surface area (Å²) < 4.78 is 5.58. The molecule has 1 aromatic rings. The SMILES string of the molecule is CCC1CCCCC1OC(=O)c1ccc(N)cn1. The average molecular weight is 248 g/mol. The lowest BCUT2D eigenvalue weighted by molar-refractivity contribution is 0.000123. The number of carbonyl (C=O) groups excluding carboxylic acids is 1. The van der Waals surface area contributed by atoms with Crippen LogP contribution in [0.2, 0.25) is 0 Å². The number of pyridine rings is 1. The molecule has 1 aromatic heterocycles. The molecular formula is C14H20N2O2. The number of hydrogen-bond donors (Lipinski definition) is 1. The zero-order valence-corrected chi connectivity index (χ0v) is 10.8. The molecule has 0 spiro atoms. The van der Waals surface area contributed by atoms with E-state index in [0.29, 0.717) is 17.3 Å². The molecule has 2 rings (SSSR count). The van der Waals surface area contributed by atoms with Crippen molar-refractivity contribution in [2.45, 2.75) is 45.1 Å². The number of nitrogen functional groups attached to an aromatic ring is 1. The predicted octanol–water partition coefficient (Wildman–Crippen LogP) is 2.79. The highest BCUT2D eigenvalue weighted by atomic mass is 16.5. The highest BCUT2D eigenvalue weighted by molar-refractivity contribution is 5.87. The van der Waals surface area contributed by atoms with Crippen LogP contribution < -0.4 is 5.73 Å². The minimum atomic E-state index is -0.333. The Morgan fingerprint density at radius 2 is 2.22 bits per heavy atom. The topological polar surface area (TPSA) is 65.2 Å². The molecule has 0 radical (unpaired) electrons. The van der Waals surface area contributed by atoms with E-state index in [4.69, 9.17) is 10.5 Å². The first-order valence-corrected chi connectivity index (χ1v) is 6.63. The number of anilines is 1. The first-order chi connectivity index (χ1) is 8.70. The van der Waals surface area contributed by atoms with E-state index in [0.717, 1.165) is 25.7 Å². The second kappa shape index (κ2) is 5.85. The van der Waals surface area contributed by atoms with Crippen molar-refractivity contribution in [1.82, 2.24) is 4.98 Å². The summed E-state index contributed by atoms with van der Waals surface area (Å²) in [6, 6.07) is 3.28. The Labute approximate surface area is 108 Å². The van der Waals surface area contributed by atoms with Gasteiger partial charge < -0.3 is 10.5 Å². The fraction of sp³-hybridized carbons (Fsp3) is 0.571. The summed E-state index contributed by atoms with van der Waals surface area (Å²) in [6.45, 7) is 2.15. The normalized spacial score (nSPS) is 23.6. The number of carbonyl (C=O) groups is 1. The van der Waals surface area contributed by atoms with Gasteiger partial charge in [0.2, 0.25) is 0 Å². The summed E-state index contributed by atoms with van der Waals surface area (Å²) in [5.41, 5.74) is 6.43. The smallest absolute Gasteiger partial charge is 0.357 e. The summed E-state index contributed by atoms with van der Waals surface area (Å²) in [5.74, 6) is 0.164. The first kappa shape index (κ1) is 12.9. The average Bonchev–Trinajstić information content (AvgIpc) is 2.40. The molecule has 0 saturated heterocycles. The fourth-order valence-corrected chi connectivity index (χ4v) is 2.52. The van der Waals surface area contributed by atoms with Gasteiger partial charge in [-0.3, -0.25) is 0 Å². The van der Waals surface area contributed by atoms with Crippen LogP contribution in [0.25, 0.3) is 0 Å². The van der Waals surface area contributed by atoms with Gasteiger partial charge in [0, 0.05) is 0 Å². The molecule has 1 heterocycles. The Kier molecular flexibility index (Phi) is 4.18. The van der Waals surface area contributed by atoms with Crippen LogP contribution in [0.4, 0.5) is 5.69 Å². The van der Waals surface area contributed by atoms with Gasteiger partial charge in [0.1, 0.15) is 11.8 Å². The van der Waals surface area contributed by atoms with E-state index < -0.39 is 0 Å². The van der Waals surface area contributed by atoms with Gasteiger partial charge in [0.05, 0.1) is 11.9 Å². The van der Waals surface area contributed by atoms with E-state index in [1.165, 1.54) is 12.6 Å². The Hall–Kier alpha value is -1.58. The van der Waals surface area contributed by atoms with Crippen molar-refractivity contribution < 1.29 is 9.53 Å². The molecule has 0 aliphatic heterocycles. The summed E-state index contributed by atoms with van der Waals surface area (Å²) in [5, 5.41) is 0. The highest BCUT2D eigenvalue weighted by Gasteiger charge is 2.27. The molecule has 1 saturated carbocycles. The Bertz CT molecular complexity index is 403. The fourth-order valence-electron chi connectivity index (χ4n) is 2.52. The second-order valence-corrected chi connectivity index (χ2v) is 4.87. The third-order valence-corrected chi connectivity index (χ3v) is 3.62. The highest BCUT2D eigenvalue weighted by Crippen LogP contribution is 2.29. The maximum atomic E-state index is 12.0. The number of rotatable bonds is 3. The van der Waals surface area contributed by atoms with Gasteiger partial charge in [-0.2, -0.15) is 0 Å². The molecule has 0 amide bonds. The quantitative estimate of drug-likeness (QED) is 0.835. The summed E-state index contributed by atoms with van der Waals surface area (Å²) >= 11 is 0. The van der Waals surface area contributed by atoms with Gasteiger partial charge in [-0.1, -0.05) is 13.3 Å². The summed E-state index contributed by atoms with van der Waals surface area (Å²) in [6.07, 6.45) is 7.11. The molecule has 1 fully saturated rings. The van der Waals surface area contributed by atoms with Crippen LogP contribution >= 0.6 is 0 Å². The largest absolute Gasteiger partial charge is 0.457 e. The minimum Gasteiger partial charge on any atom is -0.457 e. The van der Waals surface area contributed by atoms with Crippen LogP contribution in [-0.2, 0) is 4.74 Å². The Balaban J connectivity index is 1.99. The van der Waals surface area contributed by atoms with E-state index in [1.54, 1.807) is 12.1 Å². The monoisotopic (exact) mass is 248 g/mol. The lowest BCUT2D eigenvalue weighted by Gasteiger charge is -2.30. The molecule has 0 aromatic carbocycles. The van der Waals surface area contributed by atoms with Crippen molar-refractivity contribution >= 4 is 11.7 Å². The van der Waals surface area contributed by atoms with Crippen LogP contribution in [0.5, 0.6) is 0 Å². The van der Waals surface area contributed by atoms with Crippen molar-refractivity contribution in [3.8, 4) is 0 Å². The minimum absolute atomic E-state index is 0.0515. The van der Waals surface area contributed by atoms with Crippen LogP contribution in [-0.4, -0.2) is 17.1 Å². The van der Waals surface area contributed by atoms with Gasteiger partial charge in [-0.15, -0.1) is 0 Å². The van der Waals surface area contributed by atoms with E-state index in [9.17, 15) is 4.79 Å². The zero-order chi connectivity index (χ0) is 13.0. The standard InChI is InChI=1S/C14H20N2O2/c1-2-10-5-3-4-6-13(10)18-14(17)12-8-7-11(15)9-16-12/h7-10,13H,2-6,15H2,1H3. The van der Waals surface area contributed by atoms with Crippen LogP contribution in [0.15, 0.2) is 18.3 Å². The van der Waals surface area contributed by atoms with E-state index in [2.05, 4.69) is 11.9 Å². The molecule has 0 bridgehead atoms. The molecule has 98 valence electrons. The lowest BCUT2D eigenvalue weighted by atomic mass is 9.85. The van der Waals surface area contributed by atoms with Gasteiger partial charge >= 0.3 is 5.97 Å². The third-order valence-electron chi connectivity index (χ3n) is 3.62. The molecule has 2 atom stereocenters.